The lowest BCUT2D eigenvalue weighted by Gasteiger charge is -2.29. The summed E-state index contributed by atoms with van der Waals surface area (Å²) in [5.41, 5.74) is 11.4. The number of rotatable bonds is 7. The number of aromatic nitrogens is 1. The van der Waals surface area contributed by atoms with Crippen molar-refractivity contribution in [2.45, 2.75) is 0 Å². The van der Waals surface area contributed by atoms with Crippen molar-refractivity contribution in [2.75, 3.05) is 9.80 Å². The number of benzene rings is 9. The van der Waals surface area contributed by atoms with Crippen LogP contribution in [0.15, 0.2) is 213 Å². The van der Waals surface area contributed by atoms with Crippen LogP contribution in [0, 0.1) is 0 Å². The average molecular weight is 760 g/mol. The minimum atomic E-state index is 0.547. The number of nitrogens with zero attached hydrogens (tertiary/aromatic N) is 3. The Kier molecular flexibility index (Phi) is 7.43. The molecule has 6 heteroatoms. The number of para-hydroxylation sites is 4. The molecule has 0 unspecified atom stereocenters. The van der Waals surface area contributed by atoms with E-state index < -0.39 is 0 Å². The van der Waals surface area contributed by atoms with Gasteiger partial charge in [-0.3, -0.25) is 0 Å². The van der Waals surface area contributed by atoms with Crippen LogP contribution in [0.5, 0.6) is 0 Å². The minimum Gasteiger partial charge on any atom is -0.456 e. The van der Waals surface area contributed by atoms with E-state index in [0.29, 0.717) is 11.5 Å². The van der Waals surface area contributed by atoms with Crippen molar-refractivity contribution in [3.63, 3.8) is 0 Å². The van der Waals surface area contributed by atoms with Crippen molar-refractivity contribution in [3.05, 3.63) is 200 Å². The van der Waals surface area contributed by atoms with Gasteiger partial charge in [0.25, 0.3) is 0 Å². The maximum Gasteiger partial charge on any atom is 0.227 e. The molecule has 3 heterocycles. The Hall–Kier alpha value is -8.09. The number of oxazole rings is 1. The van der Waals surface area contributed by atoms with Crippen LogP contribution in [0.2, 0.25) is 0 Å². The quantitative estimate of drug-likeness (QED) is 0.161. The zero-order chi connectivity index (χ0) is 38.9. The molecule has 0 bridgehead atoms. The molecule has 12 aromatic rings. The highest BCUT2D eigenvalue weighted by atomic mass is 16.3. The summed E-state index contributed by atoms with van der Waals surface area (Å²) >= 11 is 0. The second-order valence-corrected chi connectivity index (χ2v) is 14.8. The highest BCUT2D eigenvalue weighted by molar-refractivity contribution is 6.09. The molecule has 12 rings (SSSR count). The topological polar surface area (TPSA) is 58.8 Å². The molecule has 0 aliphatic carbocycles. The molecule has 6 nitrogen and oxygen atoms in total. The summed E-state index contributed by atoms with van der Waals surface area (Å²) < 4.78 is 19.4. The van der Waals surface area contributed by atoms with Crippen LogP contribution >= 0.6 is 0 Å². The molecule has 0 aliphatic rings. The van der Waals surface area contributed by atoms with E-state index in [0.717, 1.165) is 99.9 Å². The van der Waals surface area contributed by atoms with E-state index in [1.165, 1.54) is 0 Å². The van der Waals surface area contributed by atoms with Crippen molar-refractivity contribution in [1.82, 2.24) is 4.98 Å². The third-order valence-corrected chi connectivity index (χ3v) is 11.2. The van der Waals surface area contributed by atoms with Crippen molar-refractivity contribution >= 4 is 99.9 Å². The first-order chi connectivity index (χ1) is 29.2. The monoisotopic (exact) mass is 759 g/mol. The first-order valence-electron chi connectivity index (χ1n) is 19.7. The van der Waals surface area contributed by atoms with Crippen LogP contribution in [0.4, 0.5) is 34.1 Å². The van der Waals surface area contributed by atoms with E-state index in [9.17, 15) is 0 Å². The van der Waals surface area contributed by atoms with Crippen LogP contribution in [-0.2, 0) is 0 Å². The summed E-state index contributed by atoms with van der Waals surface area (Å²) in [6, 6.07) is 69.1. The number of fused-ring (bicyclic) bond motifs is 8. The van der Waals surface area contributed by atoms with E-state index in [1.54, 1.807) is 0 Å². The molecule has 0 fully saturated rings. The van der Waals surface area contributed by atoms with Gasteiger partial charge in [-0.15, -0.1) is 0 Å². The van der Waals surface area contributed by atoms with Crippen LogP contribution in [-0.4, -0.2) is 4.98 Å². The van der Waals surface area contributed by atoms with E-state index in [1.807, 2.05) is 36.4 Å². The van der Waals surface area contributed by atoms with Crippen LogP contribution in [0.3, 0.4) is 0 Å². The summed E-state index contributed by atoms with van der Waals surface area (Å²) in [6.45, 7) is 0. The van der Waals surface area contributed by atoms with Crippen LogP contribution in [0.1, 0.15) is 0 Å². The highest BCUT2D eigenvalue weighted by Gasteiger charge is 2.25. The summed E-state index contributed by atoms with van der Waals surface area (Å²) in [7, 11) is 0. The van der Waals surface area contributed by atoms with Gasteiger partial charge in [0.15, 0.2) is 5.58 Å². The van der Waals surface area contributed by atoms with Gasteiger partial charge in [-0.1, -0.05) is 103 Å². The molecule has 0 aliphatic heterocycles. The third-order valence-electron chi connectivity index (χ3n) is 11.2. The molecule has 0 spiro atoms. The Labute approximate surface area is 338 Å². The molecular weight excluding hydrogens is 727 g/mol. The average Bonchev–Trinajstić information content (AvgIpc) is 4.01. The molecule has 0 amide bonds. The largest absolute Gasteiger partial charge is 0.456 e. The van der Waals surface area contributed by atoms with Crippen LogP contribution < -0.4 is 9.80 Å². The zero-order valence-electron chi connectivity index (χ0n) is 31.6. The van der Waals surface area contributed by atoms with E-state index in [-0.39, 0.29) is 0 Å². The predicted molar refractivity (Wildman–Crippen MR) is 241 cm³/mol. The Morgan fingerprint density at radius 1 is 0.322 bits per heavy atom. The fourth-order valence-electron chi connectivity index (χ4n) is 8.48. The maximum absolute atomic E-state index is 6.86. The second kappa shape index (κ2) is 13.3. The van der Waals surface area contributed by atoms with Gasteiger partial charge in [0, 0.05) is 55.9 Å². The Balaban J connectivity index is 1.14. The van der Waals surface area contributed by atoms with Gasteiger partial charge in [-0.05, 0) is 102 Å². The zero-order valence-corrected chi connectivity index (χ0v) is 31.6. The van der Waals surface area contributed by atoms with Gasteiger partial charge in [-0.25, -0.2) is 4.98 Å². The van der Waals surface area contributed by atoms with E-state index in [2.05, 4.69) is 174 Å². The number of anilines is 6. The van der Waals surface area contributed by atoms with Gasteiger partial charge in [0.2, 0.25) is 5.89 Å². The molecule has 59 heavy (non-hydrogen) atoms. The predicted octanol–water partition coefficient (Wildman–Crippen LogP) is 15.4. The fourth-order valence-corrected chi connectivity index (χ4v) is 8.48. The van der Waals surface area contributed by atoms with Crippen LogP contribution in [0.25, 0.3) is 77.2 Å². The molecule has 9 aromatic carbocycles. The summed E-state index contributed by atoms with van der Waals surface area (Å²) in [4.78, 5) is 9.87. The van der Waals surface area contributed by atoms with Crippen molar-refractivity contribution in [2.24, 2.45) is 0 Å². The number of hydrogen-bond acceptors (Lipinski definition) is 6. The molecular formula is C53H33N3O3. The number of hydrogen-bond donors (Lipinski definition) is 0. The standard InChI is InChI=1S/C53H33N3O3/c1-3-15-37(16-4-1)55(39-25-27-49-44(30-39)42-19-9-11-21-47(42)57-49)41-32-46(52-51(33-41)59-53(54-52)36-24-23-34-13-7-8-14-35(34)29-36)56(38-17-5-2-6-18-38)40-26-28-50-45(31-40)43-20-10-12-22-48(43)58-50/h1-33H. The second-order valence-electron chi connectivity index (χ2n) is 14.8. The SMILES string of the molecule is c1ccc(N(c2cc(N(c3ccccc3)c3ccc4oc5ccccc5c4c3)c3nc(-c4ccc5ccccc5c4)oc3c2)c2ccc3oc4ccccc4c3c2)cc1. The van der Waals surface area contributed by atoms with Gasteiger partial charge in [0.05, 0.1) is 11.4 Å². The lowest BCUT2D eigenvalue weighted by Crippen LogP contribution is -2.13. The summed E-state index contributed by atoms with van der Waals surface area (Å²) in [5.74, 6) is 0.547. The summed E-state index contributed by atoms with van der Waals surface area (Å²) in [6.07, 6.45) is 0. The Bertz CT molecular complexity index is 3530. The first-order valence-corrected chi connectivity index (χ1v) is 19.7. The molecule has 0 N–H and O–H groups in total. The van der Waals surface area contributed by atoms with Crippen molar-refractivity contribution in [1.29, 1.82) is 0 Å². The van der Waals surface area contributed by atoms with Crippen molar-refractivity contribution in [3.8, 4) is 11.5 Å². The maximum atomic E-state index is 6.86. The summed E-state index contributed by atoms with van der Waals surface area (Å²) in [5, 5.41) is 6.50. The highest BCUT2D eigenvalue weighted by Crippen LogP contribution is 2.47. The lowest BCUT2D eigenvalue weighted by atomic mass is 10.1. The van der Waals surface area contributed by atoms with Gasteiger partial charge < -0.3 is 23.1 Å². The van der Waals surface area contributed by atoms with E-state index in [4.69, 9.17) is 18.2 Å². The molecule has 0 saturated heterocycles. The Morgan fingerprint density at radius 3 is 1.53 bits per heavy atom. The molecule has 0 radical (unpaired) electrons. The number of furan rings is 2. The van der Waals surface area contributed by atoms with Gasteiger partial charge in [0.1, 0.15) is 27.8 Å². The Morgan fingerprint density at radius 2 is 0.864 bits per heavy atom. The smallest absolute Gasteiger partial charge is 0.227 e. The van der Waals surface area contributed by atoms with E-state index >= 15 is 0 Å². The lowest BCUT2D eigenvalue weighted by molar-refractivity contribution is 0.620. The molecule has 3 aromatic heterocycles. The minimum absolute atomic E-state index is 0.547. The molecule has 0 saturated carbocycles. The fraction of sp³-hybridized carbons (Fsp3) is 0. The molecule has 278 valence electrons. The normalized spacial score (nSPS) is 11.7. The third kappa shape index (κ3) is 5.53. The first kappa shape index (κ1) is 33.1. The molecule has 0 atom stereocenters. The van der Waals surface area contributed by atoms with Crippen molar-refractivity contribution < 1.29 is 13.3 Å². The van der Waals surface area contributed by atoms with Gasteiger partial charge in [-0.2, -0.15) is 0 Å². The van der Waals surface area contributed by atoms with Gasteiger partial charge >= 0.3 is 0 Å².